The first-order chi connectivity index (χ1) is 14.6. The van der Waals surface area contributed by atoms with Gasteiger partial charge in [-0.05, 0) is 18.6 Å². The maximum Gasteiger partial charge on any atom is 0.156 e. The highest BCUT2D eigenvalue weighted by molar-refractivity contribution is 7.99. The Morgan fingerprint density at radius 2 is 1.73 bits per heavy atom. The molecule has 4 rings (SSSR count). The predicted molar refractivity (Wildman–Crippen MR) is 125 cm³/mol. The summed E-state index contributed by atoms with van der Waals surface area (Å²) in [5.74, 6) is 2.41. The maximum atomic E-state index is 10.0. The van der Waals surface area contributed by atoms with Crippen molar-refractivity contribution in [3.63, 3.8) is 0 Å². The Hall–Kier alpha value is -2.83. The van der Waals surface area contributed by atoms with Gasteiger partial charge in [-0.3, -0.25) is 0 Å². The summed E-state index contributed by atoms with van der Waals surface area (Å²) < 4.78 is 0. The first-order valence-electron chi connectivity index (χ1n) is 10.1. The molecular weight excluding hydrogens is 392 g/mol. The van der Waals surface area contributed by atoms with E-state index < -0.39 is 0 Å². The molecule has 2 aliphatic rings. The summed E-state index contributed by atoms with van der Waals surface area (Å²) in [6, 6.07) is 22.4. The lowest BCUT2D eigenvalue weighted by molar-refractivity contribution is 0.274. The molecule has 0 fully saturated rings. The summed E-state index contributed by atoms with van der Waals surface area (Å²) in [5.41, 5.74) is 4.98. The fourth-order valence-corrected chi connectivity index (χ4v) is 4.43. The lowest BCUT2D eigenvalue weighted by Crippen LogP contribution is -2.34. The Balaban J connectivity index is 1.54. The van der Waals surface area contributed by atoms with Crippen molar-refractivity contribution >= 4 is 17.6 Å². The molecule has 2 aromatic rings. The SMILES string of the molecule is Cc1nc(NC(CO)[C@H](C)SCc2ccccc2)c2nc(-c3ccccc3)cc-2[nH]1. The van der Waals surface area contributed by atoms with Crippen LogP contribution < -0.4 is 5.32 Å². The van der Waals surface area contributed by atoms with Crippen molar-refractivity contribution in [3.05, 3.63) is 78.1 Å². The zero-order valence-corrected chi connectivity index (χ0v) is 18.0. The van der Waals surface area contributed by atoms with E-state index in [1.54, 1.807) is 0 Å². The fraction of sp³-hybridized carbons (Fsp3) is 0.250. The van der Waals surface area contributed by atoms with Crippen molar-refractivity contribution < 1.29 is 5.11 Å². The molecule has 0 saturated carbocycles. The predicted octanol–water partition coefficient (Wildman–Crippen LogP) is 4.98. The number of hydrogen-bond donors (Lipinski definition) is 3. The number of aryl methyl sites for hydroxylation is 1. The van der Waals surface area contributed by atoms with E-state index in [1.165, 1.54) is 5.56 Å². The van der Waals surface area contributed by atoms with E-state index in [1.807, 2.05) is 61.2 Å². The molecule has 0 spiro atoms. The number of benzene rings is 2. The Bertz CT molecular complexity index is 1050. The van der Waals surface area contributed by atoms with Crippen LogP contribution in [0, 0.1) is 6.92 Å². The van der Waals surface area contributed by atoms with Gasteiger partial charge in [-0.15, -0.1) is 0 Å². The molecule has 0 radical (unpaired) electrons. The van der Waals surface area contributed by atoms with Crippen LogP contribution in [0.2, 0.25) is 0 Å². The molecule has 2 aromatic carbocycles. The molecule has 3 N–H and O–H groups in total. The van der Waals surface area contributed by atoms with Crippen LogP contribution >= 0.6 is 11.8 Å². The smallest absolute Gasteiger partial charge is 0.156 e. The van der Waals surface area contributed by atoms with Crippen molar-refractivity contribution in [2.45, 2.75) is 30.9 Å². The Morgan fingerprint density at radius 1 is 1.03 bits per heavy atom. The summed E-state index contributed by atoms with van der Waals surface area (Å²) in [4.78, 5) is 12.8. The van der Waals surface area contributed by atoms with Gasteiger partial charge in [0.05, 0.1) is 24.0 Å². The van der Waals surface area contributed by atoms with Crippen LogP contribution in [0.25, 0.3) is 22.6 Å². The second-order valence-electron chi connectivity index (χ2n) is 7.38. The quantitative estimate of drug-likeness (QED) is 0.376. The van der Waals surface area contributed by atoms with Gasteiger partial charge in [0.15, 0.2) is 5.82 Å². The number of rotatable bonds is 8. The van der Waals surface area contributed by atoms with Crippen molar-refractivity contribution in [2.75, 3.05) is 11.9 Å². The number of thioether (sulfide) groups is 1. The Kier molecular flexibility index (Phi) is 6.35. The van der Waals surface area contributed by atoms with Gasteiger partial charge < -0.3 is 15.4 Å². The number of hydrogen-bond acceptors (Lipinski definition) is 5. The third kappa shape index (κ3) is 4.66. The van der Waals surface area contributed by atoms with Crippen molar-refractivity contribution in [1.29, 1.82) is 0 Å². The van der Waals surface area contributed by atoms with Gasteiger partial charge in [-0.1, -0.05) is 67.6 Å². The van der Waals surface area contributed by atoms with E-state index in [2.05, 4.69) is 46.5 Å². The number of aromatic amines is 1. The van der Waals surface area contributed by atoms with Gasteiger partial charge >= 0.3 is 0 Å². The standard InChI is InChI=1S/C24H26N4OS/c1-16(30-15-18-9-5-3-6-10-18)22(14-29)28-24-23-21(25-17(2)26-24)13-20(27-23)19-11-7-4-8-12-19/h3-13,16,22,28-29H,14-15H2,1-2H3,(H,25,26)/t16-,22?/m0/s1. The highest BCUT2D eigenvalue weighted by Gasteiger charge is 2.22. The molecule has 6 heteroatoms. The Morgan fingerprint density at radius 3 is 2.43 bits per heavy atom. The van der Waals surface area contributed by atoms with Crippen LogP contribution in [0.3, 0.4) is 0 Å². The molecule has 154 valence electrons. The van der Waals surface area contributed by atoms with Gasteiger partial charge in [0.1, 0.15) is 11.5 Å². The molecule has 0 amide bonds. The summed E-state index contributed by atoms with van der Waals surface area (Å²) in [7, 11) is 0. The average Bonchev–Trinajstić information content (AvgIpc) is 3.21. The second kappa shape index (κ2) is 9.32. The van der Waals surface area contributed by atoms with Gasteiger partial charge in [0, 0.05) is 16.6 Å². The Labute approximate surface area is 181 Å². The van der Waals surface area contributed by atoms with Crippen LogP contribution in [0.5, 0.6) is 0 Å². The number of nitrogens with zero attached hydrogens (tertiary/aromatic N) is 2. The normalized spacial score (nSPS) is 13.3. The summed E-state index contributed by atoms with van der Waals surface area (Å²) in [6.07, 6.45) is 0. The van der Waals surface area contributed by atoms with Crippen LogP contribution in [0.15, 0.2) is 66.7 Å². The number of H-pyrrole nitrogens is 1. The van der Waals surface area contributed by atoms with Crippen molar-refractivity contribution in [3.8, 4) is 22.6 Å². The van der Waals surface area contributed by atoms with E-state index >= 15 is 0 Å². The van der Waals surface area contributed by atoms with Gasteiger partial charge in [-0.25, -0.2) is 9.97 Å². The van der Waals surface area contributed by atoms with Gasteiger partial charge in [0.2, 0.25) is 0 Å². The van der Waals surface area contributed by atoms with Crippen LogP contribution in [0.4, 0.5) is 5.82 Å². The van der Waals surface area contributed by atoms with E-state index in [9.17, 15) is 5.11 Å². The van der Waals surface area contributed by atoms with Crippen LogP contribution in [-0.4, -0.2) is 38.0 Å². The molecule has 2 aliphatic heterocycles. The number of aliphatic hydroxyl groups excluding tert-OH is 1. The second-order valence-corrected chi connectivity index (χ2v) is 8.74. The van der Waals surface area contributed by atoms with E-state index in [-0.39, 0.29) is 17.9 Å². The topological polar surface area (TPSA) is 73.8 Å². The molecule has 1 unspecified atom stereocenters. The average molecular weight is 419 g/mol. The zero-order valence-electron chi connectivity index (χ0n) is 17.2. The van der Waals surface area contributed by atoms with E-state index in [0.717, 1.165) is 34.2 Å². The lowest BCUT2D eigenvalue weighted by Gasteiger charge is -2.24. The summed E-state index contributed by atoms with van der Waals surface area (Å²) in [5, 5.41) is 13.7. The molecular formula is C24H26N4OS. The summed E-state index contributed by atoms with van der Waals surface area (Å²) in [6.45, 7) is 4.09. The first-order valence-corrected chi connectivity index (χ1v) is 11.1. The molecule has 0 bridgehead atoms. The van der Waals surface area contributed by atoms with E-state index in [0.29, 0.717) is 5.82 Å². The number of aliphatic hydroxyl groups is 1. The van der Waals surface area contributed by atoms with Crippen LogP contribution in [-0.2, 0) is 5.75 Å². The zero-order chi connectivity index (χ0) is 20.9. The lowest BCUT2D eigenvalue weighted by atomic mass is 10.1. The third-order valence-corrected chi connectivity index (χ3v) is 6.45. The van der Waals surface area contributed by atoms with Crippen LogP contribution in [0.1, 0.15) is 18.3 Å². The molecule has 2 heterocycles. The van der Waals surface area contributed by atoms with Gasteiger partial charge in [0.25, 0.3) is 0 Å². The molecule has 0 aromatic heterocycles. The number of fused-ring (bicyclic) bond motifs is 1. The molecule has 0 saturated heterocycles. The minimum Gasteiger partial charge on any atom is -0.394 e. The highest BCUT2D eigenvalue weighted by atomic mass is 32.2. The number of aromatic nitrogens is 3. The number of nitrogens with one attached hydrogen (secondary N) is 2. The molecule has 30 heavy (non-hydrogen) atoms. The minimum atomic E-state index is -0.131. The van der Waals surface area contributed by atoms with Crippen molar-refractivity contribution in [1.82, 2.24) is 15.0 Å². The fourth-order valence-electron chi connectivity index (χ4n) is 3.40. The largest absolute Gasteiger partial charge is 0.394 e. The third-order valence-electron chi connectivity index (χ3n) is 5.10. The highest BCUT2D eigenvalue weighted by Crippen LogP contribution is 2.33. The first kappa shape index (κ1) is 20.4. The molecule has 2 atom stereocenters. The number of anilines is 1. The van der Waals surface area contributed by atoms with Gasteiger partial charge in [-0.2, -0.15) is 11.8 Å². The monoisotopic (exact) mass is 418 g/mol. The summed E-state index contributed by atoms with van der Waals surface area (Å²) >= 11 is 1.81. The molecule has 0 aliphatic carbocycles. The minimum absolute atomic E-state index is 0.0238. The molecule has 5 nitrogen and oxygen atoms in total. The maximum absolute atomic E-state index is 10.0. The van der Waals surface area contributed by atoms with E-state index in [4.69, 9.17) is 4.98 Å². The van der Waals surface area contributed by atoms with Crippen molar-refractivity contribution in [2.24, 2.45) is 0 Å².